The third-order valence-corrected chi connectivity index (χ3v) is 7.95. The second-order valence-electron chi connectivity index (χ2n) is 9.91. The molecule has 10 heteroatoms. The van der Waals surface area contributed by atoms with Crippen LogP contribution >= 0.6 is 11.6 Å². The van der Waals surface area contributed by atoms with Crippen LogP contribution in [0.4, 0.5) is 10.2 Å². The van der Waals surface area contributed by atoms with Crippen LogP contribution in [0.15, 0.2) is 41.5 Å². The second kappa shape index (κ2) is 8.11. The smallest absolute Gasteiger partial charge is 0.261 e. The number of pyridine rings is 1. The first-order valence-electron chi connectivity index (χ1n) is 12.2. The molecule has 1 aromatic carbocycles. The van der Waals surface area contributed by atoms with Gasteiger partial charge in [-0.05, 0) is 43.5 Å². The summed E-state index contributed by atoms with van der Waals surface area (Å²) in [6, 6.07) is 6.52. The lowest BCUT2D eigenvalue weighted by Gasteiger charge is -2.33. The number of rotatable bonds is 3. The third-order valence-electron chi connectivity index (χ3n) is 7.71. The van der Waals surface area contributed by atoms with Crippen LogP contribution < -0.4 is 10.5 Å². The molecule has 184 valence electrons. The fraction of sp³-hybridized carbons (Fsp3) is 0.385. The average molecular weight is 507 g/mol. The summed E-state index contributed by atoms with van der Waals surface area (Å²) in [4.78, 5) is 25.7. The van der Waals surface area contributed by atoms with Gasteiger partial charge in [0.1, 0.15) is 34.8 Å². The molecule has 3 aromatic heterocycles. The Bertz CT molecular complexity index is 1580. The molecule has 0 amide bonds. The van der Waals surface area contributed by atoms with E-state index in [1.54, 1.807) is 23.0 Å². The summed E-state index contributed by atoms with van der Waals surface area (Å²) in [5.74, 6) is 1.19. The highest BCUT2D eigenvalue weighted by atomic mass is 35.5. The van der Waals surface area contributed by atoms with E-state index in [9.17, 15) is 4.79 Å². The summed E-state index contributed by atoms with van der Waals surface area (Å²) < 4.78 is 24.8. The lowest BCUT2D eigenvalue weighted by Crippen LogP contribution is -2.39. The zero-order valence-electron chi connectivity index (χ0n) is 19.7. The van der Waals surface area contributed by atoms with Gasteiger partial charge in [0, 0.05) is 54.4 Å². The van der Waals surface area contributed by atoms with Crippen LogP contribution in [0.5, 0.6) is 0 Å². The maximum absolute atomic E-state index is 15.2. The minimum Gasteiger partial charge on any atom is -0.370 e. The van der Waals surface area contributed by atoms with Gasteiger partial charge in [-0.2, -0.15) is 5.10 Å². The van der Waals surface area contributed by atoms with Gasteiger partial charge in [0.15, 0.2) is 0 Å². The molecule has 4 aromatic rings. The zero-order chi connectivity index (χ0) is 24.6. The number of hydrogen-bond acceptors (Lipinski definition) is 6. The molecule has 5 heterocycles. The Morgan fingerprint density at radius 3 is 2.89 bits per heavy atom. The molecule has 2 aliphatic heterocycles. The zero-order valence-corrected chi connectivity index (χ0v) is 20.5. The number of ether oxygens (including phenoxy) is 1. The molecule has 8 nitrogen and oxygen atoms in total. The monoisotopic (exact) mass is 506 g/mol. The Labute approximate surface area is 211 Å². The molecule has 2 fully saturated rings. The van der Waals surface area contributed by atoms with Crippen LogP contribution in [-0.2, 0) is 11.8 Å². The van der Waals surface area contributed by atoms with Gasteiger partial charge >= 0.3 is 0 Å². The topological polar surface area (TPSA) is 78.1 Å². The van der Waals surface area contributed by atoms with Crippen LogP contribution in [0, 0.1) is 5.82 Å². The number of benzene rings is 1. The normalized spacial score (nSPS) is 23.0. The van der Waals surface area contributed by atoms with Crippen LogP contribution in [0.25, 0.3) is 22.2 Å². The summed E-state index contributed by atoms with van der Waals surface area (Å²) in [7, 11) is 1.87. The fourth-order valence-electron chi connectivity index (χ4n) is 5.97. The van der Waals surface area contributed by atoms with Crippen molar-refractivity contribution < 1.29 is 9.13 Å². The molecule has 1 saturated carbocycles. The molecule has 2 bridgehead atoms. The highest BCUT2D eigenvalue weighted by Crippen LogP contribution is 2.47. The molecule has 0 radical (unpaired) electrons. The molecule has 36 heavy (non-hydrogen) atoms. The lowest BCUT2D eigenvalue weighted by molar-refractivity contribution is 0.0395. The average Bonchev–Trinajstić information content (AvgIpc) is 3.61. The van der Waals surface area contributed by atoms with Crippen molar-refractivity contribution in [2.45, 2.75) is 37.3 Å². The maximum atomic E-state index is 15.2. The lowest BCUT2D eigenvalue weighted by atomic mass is 10.1. The SMILES string of the molecule is Cn1cc([C@H]2CN(c3cc4c(=O)n5c(nc4c(-c4ccc(Cl)cc4F)n3)[C@@H]3CC[C@H]5C3)CCO2)cn1. The maximum Gasteiger partial charge on any atom is 0.261 e. The first kappa shape index (κ1) is 21.9. The van der Waals surface area contributed by atoms with Crippen molar-refractivity contribution in [1.82, 2.24) is 24.3 Å². The molecule has 0 unspecified atom stereocenters. The van der Waals surface area contributed by atoms with Gasteiger partial charge in [0.25, 0.3) is 5.56 Å². The number of nitrogens with zero attached hydrogens (tertiary/aromatic N) is 6. The molecule has 0 spiro atoms. The highest BCUT2D eigenvalue weighted by Gasteiger charge is 2.40. The largest absolute Gasteiger partial charge is 0.370 e. The van der Waals surface area contributed by atoms with Gasteiger partial charge < -0.3 is 9.64 Å². The summed E-state index contributed by atoms with van der Waals surface area (Å²) >= 11 is 6.04. The number of morpholine rings is 1. The second-order valence-corrected chi connectivity index (χ2v) is 10.3. The van der Waals surface area contributed by atoms with E-state index in [1.165, 1.54) is 6.07 Å². The van der Waals surface area contributed by atoms with E-state index in [-0.39, 0.29) is 29.2 Å². The highest BCUT2D eigenvalue weighted by molar-refractivity contribution is 6.30. The van der Waals surface area contributed by atoms with E-state index in [0.717, 1.165) is 30.7 Å². The Hall–Kier alpha value is -3.30. The number of aromatic nitrogens is 5. The van der Waals surface area contributed by atoms with Crippen molar-refractivity contribution in [3.8, 4) is 11.3 Å². The predicted molar refractivity (Wildman–Crippen MR) is 134 cm³/mol. The van der Waals surface area contributed by atoms with Crippen molar-refractivity contribution in [3.05, 3.63) is 69.2 Å². The third kappa shape index (κ3) is 3.37. The van der Waals surface area contributed by atoms with E-state index < -0.39 is 5.82 Å². The number of hydrogen-bond donors (Lipinski definition) is 0. The Morgan fingerprint density at radius 2 is 2.08 bits per heavy atom. The van der Waals surface area contributed by atoms with E-state index >= 15 is 4.39 Å². The predicted octanol–water partition coefficient (Wildman–Crippen LogP) is 4.38. The van der Waals surface area contributed by atoms with Gasteiger partial charge in [0.05, 0.1) is 18.2 Å². The first-order chi connectivity index (χ1) is 17.5. The van der Waals surface area contributed by atoms with E-state index in [1.807, 2.05) is 23.9 Å². The van der Waals surface area contributed by atoms with Crippen LogP contribution in [0.3, 0.4) is 0 Å². The van der Waals surface area contributed by atoms with Crippen molar-refractivity contribution in [3.63, 3.8) is 0 Å². The molecule has 1 saturated heterocycles. The quantitative estimate of drug-likeness (QED) is 0.410. The minimum absolute atomic E-state index is 0.0708. The van der Waals surface area contributed by atoms with E-state index in [0.29, 0.717) is 47.1 Å². The van der Waals surface area contributed by atoms with Gasteiger partial charge in [-0.3, -0.25) is 14.0 Å². The van der Waals surface area contributed by atoms with Gasteiger partial charge in [-0.25, -0.2) is 14.4 Å². The van der Waals surface area contributed by atoms with Crippen LogP contribution in [0.2, 0.25) is 5.02 Å². The summed E-state index contributed by atoms with van der Waals surface area (Å²) in [5, 5.41) is 5.03. The van der Waals surface area contributed by atoms with Crippen molar-refractivity contribution in [1.29, 1.82) is 0 Å². The van der Waals surface area contributed by atoms with Gasteiger partial charge in [-0.1, -0.05) is 11.6 Å². The van der Waals surface area contributed by atoms with E-state index in [4.69, 9.17) is 26.3 Å². The van der Waals surface area contributed by atoms with Crippen molar-refractivity contribution in [2.24, 2.45) is 7.05 Å². The Balaban J connectivity index is 1.41. The minimum atomic E-state index is -0.493. The molecular weight excluding hydrogens is 483 g/mol. The summed E-state index contributed by atoms with van der Waals surface area (Å²) in [6.07, 6.45) is 6.52. The van der Waals surface area contributed by atoms with Crippen molar-refractivity contribution >= 4 is 28.3 Å². The van der Waals surface area contributed by atoms with Crippen molar-refractivity contribution in [2.75, 3.05) is 24.6 Å². The first-order valence-corrected chi connectivity index (χ1v) is 12.6. The molecule has 3 aliphatic rings. The van der Waals surface area contributed by atoms with Gasteiger partial charge in [0.2, 0.25) is 0 Å². The molecule has 0 N–H and O–H groups in total. The number of halogens is 2. The molecular formula is C26H24ClFN6O2. The number of aryl methyl sites for hydroxylation is 1. The van der Waals surface area contributed by atoms with Crippen LogP contribution in [0.1, 0.15) is 48.7 Å². The summed E-state index contributed by atoms with van der Waals surface area (Å²) in [6.45, 7) is 1.63. The molecule has 3 atom stereocenters. The Kier molecular flexibility index (Phi) is 4.94. The van der Waals surface area contributed by atoms with Gasteiger partial charge in [-0.15, -0.1) is 0 Å². The Morgan fingerprint density at radius 1 is 1.19 bits per heavy atom. The summed E-state index contributed by atoms with van der Waals surface area (Å²) in [5.41, 5.74) is 2.00. The fourth-order valence-corrected chi connectivity index (χ4v) is 6.13. The number of anilines is 1. The molecule has 7 rings (SSSR count). The molecule has 1 aliphatic carbocycles. The van der Waals surface area contributed by atoms with E-state index in [2.05, 4.69) is 10.00 Å². The van der Waals surface area contributed by atoms with Crippen LogP contribution in [-0.4, -0.2) is 44.0 Å². The standard InChI is InChI=1S/C26H24ClFN6O2/c1-32-12-15(11-29-32)21-13-33(6-7-36-21)22-10-19-24(23(30-22)18-5-3-16(27)9-20(18)28)31-25-14-2-4-17(8-14)34(25)26(19)35/h3,5,9-12,14,17,21H,2,4,6-8,13H2,1H3/t14-,17+,21-/m1/s1. The number of fused-ring (bicyclic) bond motifs is 6.